The van der Waals surface area contributed by atoms with E-state index in [1.807, 2.05) is 36.4 Å². The Balaban J connectivity index is 2.21. The molecule has 5 heteroatoms. The molecule has 1 amide bonds. The number of primary amides is 1. The Morgan fingerprint density at radius 1 is 1.14 bits per heavy atom. The molecule has 0 spiro atoms. The third-order valence-electron chi connectivity index (χ3n) is 3.14. The summed E-state index contributed by atoms with van der Waals surface area (Å²) in [7, 11) is 0. The summed E-state index contributed by atoms with van der Waals surface area (Å²) in [6, 6.07) is 14.9. The second-order valence-electron chi connectivity index (χ2n) is 4.56. The Labute approximate surface area is 126 Å². The Morgan fingerprint density at radius 2 is 1.90 bits per heavy atom. The van der Waals surface area contributed by atoms with Gasteiger partial charge in [0, 0.05) is 22.3 Å². The van der Waals surface area contributed by atoms with Gasteiger partial charge in [-0.05, 0) is 30.3 Å². The van der Waals surface area contributed by atoms with E-state index in [0.29, 0.717) is 21.8 Å². The molecule has 0 saturated carbocycles. The molecule has 0 unspecified atom stereocenters. The summed E-state index contributed by atoms with van der Waals surface area (Å²) in [5.41, 5.74) is 7.98. The summed E-state index contributed by atoms with van der Waals surface area (Å²) in [5, 5.41) is 4.61. The third-order valence-corrected chi connectivity index (χ3v) is 3.37. The fourth-order valence-electron chi connectivity index (χ4n) is 2.15. The van der Waals surface area contributed by atoms with E-state index in [4.69, 9.17) is 17.3 Å². The van der Waals surface area contributed by atoms with Crippen molar-refractivity contribution in [3.8, 4) is 0 Å². The molecule has 1 heterocycles. The smallest absolute Gasteiger partial charge is 0.252 e. The van der Waals surface area contributed by atoms with Gasteiger partial charge < -0.3 is 11.1 Å². The zero-order valence-electron chi connectivity index (χ0n) is 11.0. The average Bonchev–Trinajstić information content (AvgIpc) is 2.48. The molecule has 3 aromatic rings. The molecule has 0 radical (unpaired) electrons. The van der Waals surface area contributed by atoms with Crippen LogP contribution in [0.15, 0.2) is 54.7 Å². The van der Waals surface area contributed by atoms with Crippen molar-refractivity contribution in [1.29, 1.82) is 0 Å². The number of rotatable bonds is 3. The number of anilines is 2. The molecule has 2 aromatic carbocycles. The Morgan fingerprint density at radius 3 is 2.62 bits per heavy atom. The molecule has 4 nitrogen and oxygen atoms in total. The number of halogens is 1. The van der Waals surface area contributed by atoms with Crippen LogP contribution < -0.4 is 11.1 Å². The second kappa shape index (κ2) is 5.42. The maximum absolute atomic E-state index is 11.6. The van der Waals surface area contributed by atoms with Crippen LogP contribution in [0.4, 0.5) is 11.4 Å². The molecule has 3 rings (SSSR count). The fourth-order valence-corrected chi connectivity index (χ4v) is 2.32. The topological polar surface area (TPSA) is 68.0 Å². The van der Waals surface area contributed by atoms with E-state index in [1.54, 1.807) is 12.1 Å². The van der Waals surface area contributed by atoms with Crippen molar-refractivity contribution in [3.63, 3.8) is 0 Å². The Bertz CT molecular complexity index is 818. The lowest BCUT2D eigenvalue weighted by molar-refractivity contribution is 0.100. The van der Waals surface area contributed by atoms with Crippen LogP contribution in [0.5, 0.6) is 0 Å². The first-order valence-corrected chi connectivity index (χ1v) is 6.73. The van der Waals surface area contributed by atoms with Gasteiger partial charge in [-0.2, -0.15) is 0 Å². The van der Waals surface area contributed by atoms with Gasteiger partial charge in [-0.15, -0.1) is 0 Å². The largest absolute Gasteiger partial charge is 0.365 e. The van der Waals surface area contributed by atoms with Crippen molar-refractivity contribution >= 4 is 39.8 Å². The van der Waals surface area contributed by atoms with Crippen LogP contribution in [0.2, 0.25) is 5.02 Å². The van der Waals surface area contributed by atoms with E-state index in [2.05, 4.69) is 10.3 Å². The number of para-hydroxylation sites is 1. The van der Waals surface area contributed by atoms with Crippen LogP contribution in [0.3, 0.4) is 0 Å². The van der Waals surface area contributed by atoms with Crippen molar-refractivity contribution in [2.24, 2.45) is 5.73 Å². The number of amides is 1. The quantitative estimate of drug-likeness (QED) is 0.774. The van der Waals surface area contributed by atoms with E-state index in [-0.39, 0.29) is 0 Å². The monoisotopic (exact) mass is 297 g/mol. The number of carbonyl (C=O) groups is 1. The molecule has 3 N–H and O–H groups in total. The summed E-state index contributed by atoms with van der Waals surface area (Å²) in [6.07, 6.45) is 1.46. The Kier molecular flexibility index (Phi) is 3.46. The van der Waals surface area contributed by atoms with E-state index >= 15 is 0 Å². The lowest BCUT2D eigenvalue weighted by Crippen LogP contribution is -2.14. The molecule has 0 saturated heterocycles. The van der Waals surface area contributed by atoms with E-state index < -0.39 is 5.91 Å². The second-order valence-corrected chi connectivity index (χ2v) is 5.00. The van der Waals surface area contributed by atoms with Gasteiger partial charge in [0.2, 0.25) is 0 Å². The molecular formula is C16H12ClN3O. The van der Waals surface area contributed by atoms with Crippen LogP contribution in [-0.2, 0) is 0 Å². The van der Waals surface area contributed by atoms with Crippen LogP contribution in [0.1, 0.15) is 10.4 Å². The zero-order valence-corrected chi connectivity index (χ0v) is 11.8. The SMILES string of the molecule is NC(=O)c1cnc2cc(Cl)ccc2c1Nc1ccccc1. The normalized spacial score (nSPS) is 10.5. The van der Waals surface area contributed by atoms with Crippen LogP contribution >= 0.6 is 11.6 Å². The highest BCUT2D eigenvalue weighted by Crippen LogP contribution is 2.30. The summed E-state index contributed by atoms with van der Waals surface area (Å²) >= 11 is 5.98. The van der Waals surface area contributed by atoms with Gasteiger partial charge >= 0.3 is 0 Å². The predicted octanol–water partition coefficient (Wildman–Crippen LogP) is 3.73. The number of pyridine rings is 1. The molecule has 1 aromatic heterocycles. The lowest BCUT2D eigenvalue weighted by Gasteiger charge is -2.13. The first-order chi connectivity index (χ1) is 10.1. The molecule has 0 fully saturated rings. The van der Waals surface area contributed by atoms with Crippen molar-refractivity contribution in [3.05, 3.63) is 65.3 Å². The molecule has 0 aliphatic carbocycles. The minimum absolute atomic E-state index is 0.341. The van der Waals surface area contributed by atoms with Crippen molar-refractivity contribution in [1.82, 2.24) is 4.98 Å². The van der Waals surface area contributed by atoms with Gasteiger partial charge in [-0.25, -0.2) is 0 Å². The molecule has 21 heavy (non-hydrogen) atoms. The maximum Gasteiger partial charge on any atom is 0.252 e. The highest BCUT2D eigenvalue weighted by Gasteiger charge is 2.13. The molecule has 0 atom stereocenters. The minimum atomic E-state index is -0.530. The maximum atomic E-state index is 11.6. The zero-order chi connectivity index (χ0) is 14.8. The molecular weight excluding hydrogens is 286 g/mol. The first kappa shape index (κ1) is 13.4. The number of hydrogen-bond acceptors (Lipinski definition) is 3. The number of nitrogens with one attached hydrogen (secondary N) is 1. The summed E-state index contributed by atoms with van der Waals surface area (Å²) in [6.45, 7) is 0. The number of hydrogen-bond donors (Lipinski definition) is 2. The highest BCUT2D eigenvalue weighted by molar-refractivity contribution is 6.31. The van der Waals surface area contributed by atoms with Crippen molar-refractivity contribution < 1.29 is 4.79 Å². The van der Waals surface area contributed by atoms with E-state index in [0.717, 1.165) is 11.1 Å². The van der Waals surface area contributed by atoms with Gasteiger partial charge in [-0.3, -0.25) is 9.78 Å². The highest BCUT2D eigenvalue weighted by atomic mass is 35.5. The lowest BCUT2D eigenvalue weighted by atomic mass is 10.1. The van der Waals surface area contributed by atoms with Crippen LogP contribution in [0, 0.1) is 0 Å². The summed E-state index contributed by atoms with van der Waals surface area (Å²) in [5.74, 6) is -0.530. The number of aromatic nitrogens is 1. The average molecular weight is 298 g/mol. The summed E-state index contributed by atoms with van der Waals surface area (Å²) in [4.78, 5) is 15.9. The minimum Gasteiger partial charge on any atom is -0.365 e. The van der Waals surface area contributed by atoms with Gasteiger partial charge in [0.05, 0.1) is 16.8 Å². The third kappa shape index (κ3) is 2.66. The van der Waals surface area contributed by atoms with Gasteiger partial charge in [0.25, 0.3) is 5.91 Å². The van der Waals surface area contributed by atoms with Crippen molar-refractivity contribution in [2.45, 2.75) is 0 Å². The predicted molar refractivity (Wildman–Crippen MR) is 85.0 cm³/mol. The number of nitrogens with two attached hydrogens (primary N) is 1. The van der Waals surface area contributed by atoms with Gasteiger partial charge in [-0.1, -0.05) is 29.8 Å². The number of benzene rings is 2. The molecule has 104 valence electrons. The number of fused-ring (bicyclic) bond motifs is 1. The van der Waals surface area contributed by atoms with Crippen LogP contribution in [-0.4, -0.2) is 10.9 Å². The van der Waals surface area contributed by atoms with Crippen LogP contribution in [0.25, 0.3) is 10.9 Å². The standard InChI is InChI=1S/C16H12ClN3O/c17-10-6-7-12-14(8-10)19-9-13(16(18)21)15(12)20-11-4-2-1-3-5-11/h1-9H,(H2,18,21)(H,19,20). The van der Waals surface area contributed by atoms with E-state index in [9.17, 15) is 4.79 Å². The van der Waals surface area contributed by atoms with Gasteiger partial charge in [0.1, 0.15) is 0 Å². The molecule has 0 aliphatic rings. The van der Waals surface area contributed by atoms with Crippen molar-refractivity contribution in [2.75, 3.05) is 5.32 Å². The van der Waals surface area contributed by atoms with Gasteiger partial charge in [0.15, 0.2) is 0 Å². The summed E-state index contributed by atoms with van der Waals surface area (Å²) < 4.78 is 0. The first-order valence-electron chi connectivity index (χ1n) is 6.35. The number of nitrogens with zero attached hydrogens (tertiary/aromatic N) is 1. The molecule has 0 bridgehead atoms. The Hall–Kier alpha value is -2.59. The fraction of sp³-hybridized carbons (Fsp3) is 0. The van der Waals surface area contributed by atoms with E-state index in [1.165, 1.54) is 6.20 Å². The number of carbonyl (C=O) groups excluding carboxylic acids is 1. The molecule has 0 aliphatic heterocycles.